The smallest absolute Gasteiger partial charge is 0.336 e. The number of halogens is 1. The van der Waals surface area contributed by atoms with Gasteiger partial charge in [0, 0.05) is 21.7 Å². The van der Waals surface area contributed by atoms with Gasteiger partial charge in [0.1, 0.15) is 11.3 Å². The second kappa shape index (κ2) is 8.42. The zero-order valence-corrected chi connectivity index (χ0v) is 18.2. The highest BCUT2D eigenvalue weighted by atomic mass is 79.9. The molecule has 0 spiro atoms. The van der Waals surface area contributed by atoms with E-state index in [0.29, 0.717) is 22.4 Å². The van der Waals surface area contributed by atoms with Crippen molar-refractivity contribution >= 4 is 38.7 Å². The van der Waals surface area contributed by atoms with Crippen molar-refractivity contribution in [3.05, 3.63) is 79.9 Å². The first kappa shape index (κ1) is 19.7. The maximum atomic E-state index is 11.8. The number of rotatable bonds is 6. The Bertz CT molecular complexity index is 1240. The van der Waals surface area contributed by atoms with Crippen LogP contribution in [0.4, 0.5) is 0 Å². The Morgan fingerprint density at radius 1 is 1.07 bits per heavy atom. The Morgan fingerprint density at radius 3 is 2.79 bits per heavy atom. The molecule has 0 saturated heterocycles. The van der Waals surface area contributed by atoms with Gasteiger partial charge in [-0.1, -0.05) is 39.8 Å². The van der Waals surface area contributed by atoms with E-state index in [0.717, 1.165) is 32.3 Å². The zero-order chi connectivity index (χ0) is 20.4. The van der Waals surface area contributed by atoms with Crippen molar-refractivity contribution in [2.45, 2.75) is 31.4 Å². The van der Waals surface area contributed by atoms with Crippen LogP contribution in [0.25, 0.3) is 11.0 Å². The summed E-state index contributed by atoms with van der Waals surface area (Å²) in [4.78, 5) is 11.8. The molecule has 0 atom stereocenters. The predicted octanol–water partition coefficient (Wildman–Crippen LogP) is 5.43. The lowest BCUT2D eigenvalue weighted by Crippen LogP contribution is -1.99. The SMILES string of the molecule is Cc1ccc(C)c(OCc2nnc(SCc3cc(=O)oc4cc(Br)ccc34)o2)c1. The third-order valence-corrected chi connectivity index (χ3v) is 5.65. The summed E-state index contributed by atoms with van der Waals surface area (Å²) in [7, 11) is 0. The molecule has 29 heavy (non-hydrogen) atoms. The number of aryl methyl sites for hydroxylation is 2. The van der Waals surface area contributed by atoms with Crippen molar-refractivity contribution in [3.8, 4) is 5.75 Å². The van der Waals surface area contributed by atoms with E-state index in [4.69, 9.17) is 13.6 Å². The minimum absolute atomic E-state index is 0.198. The van der Waals surface area contributed by atoms with Crippen molar-refractivity contribution in [2.24, 2.45) is 0 Å². The molecule has 0 aliphatic rings. The van der Waals surface area contributed by atoms with Crippen LogP contribution in [0.2, 0.25) is 0 Å². The minimum atomic E-state index is -0.389. The van der Waals surface area contributed by atoms with E-state index in [-0.39, 0.29) is 12.2 Å². The Morgan fingerprint density at radius 2 is 1.93 bits per heavy atom. The van der Waals surface area contributed by atoms with Gasteiger partial charge in [-0.2, -0.15) is 0 Å². The Balaban J connectivity index is 1.44. The van der Waals surface area contributed by atoms with E-state index >= 15 is 0 Å². The van der Waals surface area contributed by atoms with Crippen LogP contribution in [0, 0.1) is 13.8 Å². The molecule has 2 aromatic heterocycles. The second-order valence-electron chi connectivity index (χ2n) is 6.54. The summed E-state index contributed by atoms with van der Waals surface area (Å²) in [6.07, 6.45) is 0. The molecule has 4 aromatic rings. The largest absolute Gasteiger partial charge is 0.484 e. The topological polar surface area (TPSA) is 78.4 Å². The summed E-state index contributed by atoms with van der Waals surface area (Å²) in [5.41, 5.74) is 3.17. The number of ether oxygens (including phenoxy) is 1. The van der Waals surface area contributed by atoms with Crippen LogP contribution in [0.1, 0.15) is 22.6 Å². The third-order valence-electron chi connectivity index (χ3n) is 4.29. The third kappa shape index (κ3) is 4.71. The molecule has 148 valence electrons. The van der Waals surface area contributed by atoms with E-state index in [2.05, 4.69) is 26.1 Å². The molecule has 0 aliphatic heterocycles. The molecule has 2 heterocycles. The van der Waals surface area contributed by atoms with Gasteiger partial charge in [0.05, 0.1) is 0 Å². The molecule has 0 radical (unpaired) electrons. The number of benzene rings is 2. The highest BCUT2D eigenvalue weighted by Gasteiger charge is 2.12. The van der Waals surface area contributed by atoms with Gasteiger partial charge in [-0.3, -0.25) is 0 Å². The molecule has 0 aliphatic carbocycles. The molecule has 0 fully saturated rings. The van der Waals surface area contributed by atoms with Gasteiger partial charge in [-0.15, -0.1) is 10.2 Å². The van der Waals surface area contributed by atoms with Crippen LogP contribution in [0.5, 0.6) is 5.75 Å². The molecule has 4 rings (SSSR count). The standard InChI is InChI=1S/C21H17BrN2O4S/c1-12-3-4-13(2)17(7-12)26-10-19-23-24-21(28-19)29-11-14-8-20(25)27-18-9-15(22)5-6-16(14)18/h3-9H,10-11H2,1-2H3. The monoisotopic (exact) mass is 472 g/mol. The Hall–Kier alpha value is -2.58. The summed E-state index contributed by atoms with van der Waals surface area (Å²) < 4.78 is 17.6. The van der Waals surface area contributed by atoms with Gasteiger partial charge in [-0.05, 0) is 54.8 Å². The molecule has 0 bridgehead atoms. The lowest BCUT2D eigenvalue weighted by Gasteiger charge is -2.07. The second-order valence-corrected chi connectivity index (χ2v) is 8.38. The van der Waals surface area contributed by atoms with Crippen LogP contribution in [0.3, 0.4) is 0 Å². The van der Waals surface area contributed by atoms with Gasteiger partial charge < -0.3 is 13.6 Å². The van der Waals surface area contributed by atoms with Crippen molar-refractivity contribution in [3.63, 3.8) is 0 Å². The van der Waals surface area contributed by atoms with E-state index in [1.807, 2.05) is 44.2 Å². The van der Waals surface area contributed by atoms with Crippen LogP contribution >= 0.6 is 27.7 Å². The van der Waals surface area contributed by atoms with Gasteiger partial charge in [0.2, 0.25) is 0 Å². The fraction of sp³-hybridized carbons (Fsp3) is 0.190. The molecule has 8 heteroatoms. The molecular formula is C21H17BrN2O4S. The number of nitrogens with zero attached hydrogens (tertiary/aromatic N) is 2. The lowest BCUT2D eigenvalue weighted by atomic mass is 10.1. The normalized spacial score (nSPS) is 11.1. The fourth-order valence-corrected chi connectivity index (χ4v) is 3.93. The van der Waals surface area contributed by atoms with E-state index < -0.39 is 0 Å². The first-order valence-corrected chi connectivity index (χ1v) is 10.6. The highest BCUT2D eigenvalue weighted by molar-refractivity contribution is 9.10. The first-order valence-electron chi connectivity index (χ1n) is 8.85. The van der Waals surface area contributed by atoms with Crippen LogP contribution in [-0.4, -0.2) is 10.2 Å². The molecule has 0 N–H and O–H groups in total. The molecule has 2 aromatic carbocycles. The van der Waals surface area contributed by atoms with E-state index in [9.17, 15) is 4.79 Å². The summed E-state index contributed by atoms with van der Waals surface area (Å²) in [5.74, 6) is 1.70. The van der Waals surface area contributed by atoms with Crippen LogP contribution in [0.15, 0.2) is 65.8 Å². The molecule has 0 unspecified atom stereocenters. The van der Waals surface area contributed by atoms with Gasteiger partial charge >= 0.3 is 5.63 Å². The maximum Gasteiger partial charge on any atom is 0.336 e. The number of thioether (sulfide) groups is 1. The van der Waals surface area contributed by atoms with Crippen molar-refractivity contribution < 1.29 is 13.6 Å². The van der Waals surface area contributed by atoms with Crippen molar-refractivity contribution in [1.29, 1.82) is 0 Å². The molecule has 6 nitrogen and oxygen atoms in total. The summed E-state index contributed by atoms with van der Waals surface area (Å²) in [6, 6.07) is 13.1. The van der Waals surface area contributed by atoms with Crippen LogP contribution < -0.4 is 10.4 Å². The van der Waals surface area contributed by atoms with E-state index in [1.54, 1.807) is 6.07 Å². The maximum absolute atomic E-state index is 11.8. The minimum Gasteiger partial charge on any atom is -0.484 e. The zero-order valence-electron chi connectivity index (χ0n) is 15.8. The average molecular weight is 473 g/mol. The lowest BCUT2D eigenvalue weighted by molar-refractivity contribution is 0.250. The number of hydrogen-bond donors (Lipinski definition) is 0. The molecular weight excluding hydrogens is 456 g/mol. The van der Waals surface area contributed by atoms with E-state index in [1.165, 1.54) is 17.8 Å². The Kier molecular flexibility index (Phi) is 5.73. The van der Waals surface area contributed by atoms with Gasteiger partial charge in [-0.25, -0.2) is 4.79 Å². The molecule has 0 saturated carbocycles. The summed E-state index contributed by atoms with van der Waals surface area (Å²) in [5, 5.41) is 9.39. The molecule has 0 amide bonds. The fourth-order valence-electron chi connectivity index (χ4n) is 2.82. The number of fused-ring (bicyclic) bond motifs is 1. The van der Waals surface area contributed by atoms with Gasteiger partial charge in [0.25, 0.3) is 11.1 Å². The highest BCUT2D eigenvalue weighted by Crippen LogP contribution is 2.28. The predicted molar refractivity (Wildman–Crippen MR) is 114 cm³/mol. The Labute approximate surface area is 179 Å². The average Bonchev–Trinajstić information content (AvgIpc) is 3.14. The summed E-state index contributed by atoms with van der Waals surface area (Å²) in [6.45, 7) is 4.20. The quantitative estimate of drug-likeness (QED) is 0.273. The van der Waals surface area contributed by atoms with Crippen molar-refractivity contribution in [1.82, 2.24) is 10.2 Å². The number of aromatic nitrogens is 2. The van der Waals surface area contributed by atoms with Crippen LogP contribution in [-0.2, 0) is 12.4 Å². The first-order chi connectivity index (χ1) is 14.0. The number of hydrogen-bond acceptors (Lipinski definition) is 7. The summed E-state index contributed by atoms with van der Waals surface area (Å²) >= 11 is 4.75. The van der Waals surface area contributed by atoms with Gasteiger partial charge in [0.15, 0.2) is 6.61 Å². The van der Waals surface area contributed by atoms with Crippen molar-refractivity contribution in [2.75, 3.05) is 0 Å².